The van der Waals surface area contributed by atoms with Crippen molar-refractivity contribution in [1.29, 1.82) is 5.26 Å². The molecule has 0 amide bonds. The van der Waals surface area contributed by atoms with Crippen molar-refractivity contribution in [2.45, 2.75) is 11.7 Å². The van der Waals surface area contributed by atoms with E-state index in [1.165, 1.54) is 61.7 Å². The first kappa shape index (κ1) is 17.2. The highest BCUT2D eigenvalue weighted by Gasteiger charge is 2.57. The fraction of sp³-hybridized carbons (Fsp3) is 0.188. The number of hydrogen-bond donors (Lipinski definition) is 1. The van der Waals surface area contributed by atoms with Crippen LogP contribution in [0.5, 0.6) is 5.75 Å². The normalized spacial score (nSPS) is 13.7. The van der Waals surface area contributed by atoms with Gasteiger partial charge in [-0.05, 0) is 36.4 Å². The molecule has 0 bridgehead atoms. The van der Waals surface area contributed by atoms with Crippen molar-refractivity contribution in [1.82, 2.24) is 0 Å². The summed E-state index contributed by atoms with van der Waals surface area (Å²) in [5, 5.41) is 11.6. The average molecular weight is 385 g/mol. The standard InChI is InChI=1S/C16H12BrF3N2O/c1-23-14-8-6-13(7-9-14)22-15(10-21,16(18,19)20)11-2-4-12(17)5-3-11/h2-9,22H,1H3/t15-/m0/s1. The summed E-state index contributed by atoms with van der Waals surface area (Å²) in [6.45, 7) is 0. The van der Waals surface area contributed by atoms with Crippen molar-refractivity contribution < 1.29 is 17.9 Å². The SMILES string of the molecule is COc1ccc(N[C@@](C#N)(c2ccc(Br)cc2)C(F)(F)F)cc1. The fourth-order valence-corrected chi connectivity index (χ4v) is 2.32. The Labute approximate surface area is 139 Å². The van der Waals surface area contributed by atoms with Gasteiger partial charge in [0.1, 0.15) is 11.8 Å². The number of ether oxygens (including phenoxy) is 1. The Balaban J connectivity index is 2.49. The predicted molar refractivity (Wildman–Crippen MR) is 84.1 cm³/mol. The Bertz CT molecular complexity index is 708. The van der Waals surface area contributed by atoms with E-state index in [1.807, 2.05) is 0 Å². The molecular weight excluding hydrogens is 373 g/mol. The van der Waals surface area contributed by atoms with Gasteiger partial charge in [-0.15, -0.1) is 0 Å². The molecular formula is C16H12BrF3N2O. The number of nitriles is 1. The molecule has 0 spiro atoms. The van der Waals surface area contributed by atoms with Gasteiger partial charge in [-0.25, -0.2) is 0 Å². The van der Waals surface area contributed by atoms with E-state index in [0.29, 0.717) is 10.2 Å². The van der Waals surface area contributed by atoms with Gasteiger partial charge >= 0.3 is 6.18 Å². The quantitative estimate of drug-likeness (QED) is 0.819. The van der Waals surface area contributed by atoms with Crippen LogP contribution < -0.4 is 10.1 Å². The Morgan fingerprint density at radius 1 is 1.04 bits per heavy atom. The molecule has 1 atom stereocenters. The topological polar surface area (TPSA) is 45.0 Å². The van der Waals surface area contributed by atoms with E-state index < -0.39 is 11.7 Å². The minimum atomic E-state index is -4.81. The second-order valence-electron chi connectivity index (χ2n) is 4.72. The first-order chi connectivity index (χ1) is 10.8. The van der Waals surface area contributed by atoms with Gasteiger partial charge < -0.3 is 10.1 Å². The number of halogens is 4. The monoisotopic (exact) mass is 384 g/mol. The van der Waals surface area contributed by atoms with E-state index >= 15 is 0 Å². The second kappa shape index (κ2) is 6.50. The molecule has 0 heterocycles. The van der Waals surface area contributed by atoms with Gasteiger partial charge in [0.25, 0.3) is 0 Å². The molecule has 0 saturated heterocycles. The lowest BCUT2D eigenvalue weighted by Gasteiger charge is -2.31. The molecule has 0 aromatic heterocycles. The molecule has 0 aliphatic heterocycles. The van der Waals surface area contributed by atoms with Crippen molar-refractivity contribution in [3.63, 3.8) is 0 Å². The van der Waals surface area contributed by atoms with Crippen molar-refractivity contribution >= 4 is 21.6 Å². The molecule has 2 aromatic rings. The van der Waals surface area contributed by atoms with Crippen molar-refractivity contribution in [3.8, 4) is 11.8 Å². The molecule has 0 aliphatic rings. The average Bonchev–Trinajstić information content (AvgIpc) is 2.53. The summed E-state index contributed by atoms with van der Waals surface area (Å²) in [5.41, 5.74) is -2.87. The third kappa shape index (κ3) is 3.42. The summed E-state index contributed by atoms with van der Waals surface area (Å²) in [4.78, 5) is 0. The van der Waals surface area contributed by atoms with Gasteiger partial charge in [-0.3, -0.25) is 0 Å². The summed E-state index contributed by atoms with van der Waals surface area (Å²) in [5.74, 6) is 0.508. The van der Waals surface area contributed by atoms with Crippen molar-refractivity contribution in [2.24, 2.45) is 0 Å². The molecule has 0 aliphatic carbocycles. The lowest BCUT2D eigenvalue weighted by molar-refractivity contribution is -0.165. The maximum Gasteiger partial charge on any atom is 0.429 e. The molecule has 23 heavy (non-hydrogen) atoms. The molecule has 1 N–H and O–H groups in total. The van der Waals surface area contributed by atoms with Crippen LogP contribution in [0.3, 0.4) is 0 Å². The van der Waals surface area contributed by atoms with E-state index in [0.717, 1.165) is 0 Å². The predicted octanol–water partition coefficient (Wildman–Crippen LogP) is 4.85. The number of nitrogens with one attached hydrogen (secondary N) is 1. The lowest BCUT2D eigenvalue weighted by atomic mass is 9.90. The number of rotatable bonds is 4. The maximum absolute atomic E-state index is 13.7. The number of anilines is 1. The molecule has 0 radical (unpaired) electrons. The lowest BCUT2D eigenvalue weighted by Crippen LogP contribution is -2.47. The zero-order valence-corrected chi connectivity index (χ0v) is 13.6. The smallest absolute Gasteiger partial charge is 0.429 e. The third-order valence-corrected chi connectivity index (χ3v) is 3.82. The summed E-state index contributed by atoms with van der Waals surface area (Å²) in [6, 6.07) is 12.7. The van der Waals surface area contributed by atoms with E-state index in [9.17, 15) is 18.4 Å². The van der Waals surface area contributed by atoms with E-state index in [2.05, 4.69) is 21.2 Å². The van der Waals surface area contributed by atoms with Gasteiger partial charge in [-0.2, -0.15) is 18.4 Å². The van der Waals surface area contributed by atoms with Crippen LogP contribution in [0.25, 0.3) is 0 Å². The van der Waals surface area contributed by atoms with E-state index in [4.69, 9.17) is 4.74 Å². The minimum Gasteiger partial charge on any atom is -0.497 e. The number of methoxy groups -OCH3 is 1. The van der Waals surface area contributed by atoms with Crippen LogP contribution >= 0.6 is 15.9 Å². The van der Waals surface area contributed by atoms with Crippen LogP contribution in [0, 0.1) is 11.3 Å². The van der Waals surface area contributed by atoms with Crippen LogP contribution in [-0.4, -0.2) is 13.3 Å². The summed E-state index contributed by atoms with van der Waals surface area (Å²) in [7, 11) is 1.46. The van der Waals surface area contributed by atoms with Gasteiger partial charge in [0, 0.05) is 15.7 Å². The number of hydrogen-bond acceptors (Lipinski definition) is 3. The Kier molecular flexibility index (Phi) is 4.85. The molecule has 120 valence electrons. The zero-order chi connectivity index (χ0) is 17.1. The van der Waals surface area contributed by atoms with Crippen LogP contribution in [0.4, 0.5) is 18.9 Å². The van der Waals surface area contributed by atoms with Gasteiger partial charge in [0.15, 0.2) is 0 Å². The van der Waals surface area contributed by atoms with Crippen LogP contribution in [0.1, 0.15) is 5.56 Å². The Morgan fingerprint density at radius 2 is 1.61 bits per heavy atom. The van der Waals surface area contributed by atoms with Crippen molar-refractivity contribution in [3.05, 3.63) is 58.6 Å². The number of benzene rings is 2. The minimum absolute atomic E-state index is 0.160. The summed E-state index contributed by atoms with van der Waals surface area (Å²) < 4.78 is 46.6. The second-order valence-corrected chi connectivity index (χ2v) is 5.64. The van der Waals surface area contributed by atoms with Gasteiger partial charge in [0.2, 0.25) is 5.54 Å². The molecule has 3 nitrogen and oxygen atoms in total. The van der Waals surface area contributed by atoms with Crippen molar-refractivity contribution in [2.75, 3.05) is 12.4 Å². The molecule has 2 aromatic carbocycles. The first-order valence-electron chi connectivity index (χ1n) is 6.48. The number of nitrogens with zero attached hydrogens (tertiary/aromatic N) is 1. The zero-order valence-electron chi connectivity index (χ0n) is 12.0. The molecule has 2 rings (SSSR count). The highest BCUT2D eigenvalue weighted by molar-refractivity contribution is 9.10. The summed E-state index contributed by atoms with van der Waals surface area (Å²) >= 11 is 3.17. The molecule has 0 unspecified atom stereocenters. The first-order valence-corrected chi connectivity index (χ1v) is 7.28. The van der Waals surface area contributed by atoms with Gasteiger partial charge in [-0.1, -0.05) is 28.1 Å². The highest BCUT2D eigenvalue weighted by Crippen LogP contribution is 2.41. The third-order valence-electron chi connectivity index (χ3n) is 3.29. The van der Waals surface area contributed by atoms with Crippen LogP contribution in [-0.2, 0) is 5.54 Å². The van der Waals surface area contributed by atoms with E-state index in [-0.39, 0.29) is 11.3 Å². The largest absolute Gasteiger partial charge is 0.497 e. The van der Waals surface area contributed by atoms with Crippen LogP contribution in [0.15, 0.2) is 53.0 Å². The summed E-state index contributed by atoms with van der Waals surface area (Å²) in [6.07, 6.45) is -4.81. The van der Waals surface area contributed by atoms with Crippen LogP contribution in [0.2, 0.25) is 0 Å². The fourth-order valence-electron chi connectivity index (χ4n) is 2.05. The molecule has 0 saturated carbocycles. The molecule has 0 fully saturated rings. The maximum atomic E-state index is 13.7. The molecule has 7 heteroatoms. The van der Waals surface area contributed by atoms with E-state index in [1.54, 1.807) is 0 Å². The highest BCUT2D eigenvalue weighted by atomic mass is 79.9. The van der Waals surface area contributed by atoms with Gasteiger partial charge in [0.05, 0.1) is 7.11 Å². The Hall–Kier alpha value is -2.20. The Morgan fingerprint density at radius 3 is 2.04 bits per heavy atom. The number of alkyl halides is 3.